The Bertz CT molecular complexity index is 450. The Morgan fingerprint density at radius 3 is 2.94 bits per heavy atom. The van der Waals surface area contributed by atoms with E-state index in [4.69, 9.17) is 5.26 Å². The second-order valence-corrected chi connectivity index (χ2v) is 4.94. The first-order valence-corrected chi connectivity index (χ1v) is 6.69. The van der Waals surface area contributed by atoms with E-state index in [1.807, 2.05) is 12.1 Å². The summed E-state index contributed by atoms with van der Waals surface area (Å²) in [7, 11) is 0. The highest BCUT2D eigenvalue weighted by atomic mass is 19.1. The predicted molar refractivity (Wildman–Crippen MR) is 71.0 cm³/mol. The molecule has 0 spiro atoms. The molecule has 3 heteroatoms. The summed E-state index contributed by atoms with van der Waals surface area (Å²) in [5.74, 6) is 0.361. The molecule has 1 aromatic rings. The lowest BCUT2D eigenvalue weighted by atomic mass is 9.98. The molecule has 0 aromatic heterocycles. The second-order valence-electron chi connectivity index (χ2n) is 4.94. The summed E-state index contributed by atoms with van der Waals surface area (Å²) in [6.45, 7) is 4.08. The molecule has 0 bridgehead atoms. The maximum absolute atomic E-state index is 13.6. The van der Waals surface area contributed by atoms with E-state index in [1.54, 1.807) is 6.07 Å². The largest absolute Gasteiger partial charge is 0.370 e. The molecule has 1 atom stereocenters. The van der Waals surface area contributed by atoms with Crippen LogP contribution in [-0.4, -0.2) is 13.1 Å². The van der Waals surface area contributed by atoms with Crippen LogP contribution in [0.1, 0.15) is 38.2 Å². The minimum Gasteiger partial charge on any atom is -0.370 e. The zero-order valence-electron chi connectivity index (χ0n) is 10.8. The molecule has 0 radical (unpaired) electrons. The van der Waals surface area contributed by atoms with Crippen molar-refractivity contribution < 1.29 is 4.39 Å². The van der Waals surface area contributed by atoms with Gasteiger partial charge in [-0.1, -0.05) is 19.4 Å². The summed E-state index contributed by atoms with van der Waals surface area (Å²) in [6.07, 6.45) is 4.71. The number of nitriles is 1. The summed E-state index contributed by atoms with van der Waals surface area (Å²) in [5.41, 5.74) is 0.946. The average Bonchev–Trinajstić information content (AvgIpc) is 2.63. The van der Waals surface area contributed by atoms with Crippen LogP contribution < -0.4 is 4.90 Å². The Morgan fingerprint density at radius 1 is 1.39 bits per heavy atom. The molecule has 1 heterocycles. The van der Waals surface area contributed by atoms with Gasteiger partial charge in [0, 0.05) is 13.1 Å². The quantitative estimate of drug-likeness (QED) is 0.795. The van der Waals surface area contributed by atoms with E-state index in [9.17, 15) is 4.39 Å². The van der Waals surface area contributed by atoms with Gasteiger partial charge in [0.1, 0.15) is 17.4 Å². The van der Waals surface area contributed by atoms with Crippen LogP contribution in [0, 0.1) is 23.1 Å². The number of nitrogens with zero attached hydrogens (tertiary/aromatic N) is 2. The number of rotatable bonds is 2. The van der Waals surface area contributed by atoms with E-state index < -0.39 is 5.82 Å². The van der Waals surface area contributed by atoms with Crippen LogP contribution in [0.2, 0.25) is 0 Å². The van der Waals surface area contributed by atoms with Gasteiger partial charge >= 0.3 is 0 Å². The van der Waals surface area contributed by atoms with Crippen molar-refractivity contribution >= 4 is 5.69 Å². The van der Waals surface area contributed by atoms with E-state index in [1.165, 1.54) is 18.9 Å². The first-order chi connectivity index (χ1) is 8.76. The first-order valence-electron chi connectivity index (χ1n) is 6.69. The lowest BCUT2D eigenvalue weighted by Gasteiger charge is -2.24. The van der Waals surface area contributed by atoms with Gasteiger partial charge in [-0.05, 0) is 37.3 Å². The molecule has 1 aromatic carbocycles. The highest BCUT2D eigenvalue weighted by Gasteiger charge is 2.19. The molecule has 1 unspecified atom stereocenters. The van der Waals surface area contributed by atoms with Gasteiger partial charge in [0.25, 0.3) is 0 Å². The predicted octanol–water partition coefficient (Wildman–Crippen LogP) is 3.71. The van der Waals surface area contributed by atoms with Crippen molar-refractivity contribution in [1.29, 1.82) is 5.26 Å². The Morgan fingerprint density at radius 2 is 2.22 bits per heavy atom. The molecule has 0 saturated carbocycles. The molecule has 1 aliphatic heterocycles. The van der Waals surface area contributed by atoms with Crippen LogP contribution in [0.25, 0.3) is 0 Å². The summed E-state index contributed by atoms with van der Waals surface area (Å²) in [4.78, 5) is 2.16. The fourth-order valence-electron chi connectivity index (χ4n) is 2.70. The number of halogens is 1. The molecule has 1 saturated heterocycles. The minimum absolute atomic E-state index is 0.187. The molecule has 96 valence electrons. The number of hydrogen-bond donors (Lipinski definition) is 0. The van der Waals surface area contributed by atoms with E-state index in [-0.39, 0.29) is 5.56 Å². The second kappa shape index (κ2) is 5.86. The topological polar surface area (TPSA) is 27.0 Å². The van der Waals surface area contributed by atoms with Crippen LogP contribution in [0.3, 0.4) is 0 Å². The van der Waals surface area contributed by atoms with E-state index in [0.717, 1.165) is 37.5 Å². The van der Waals surface area contributed by atoms with Gasteiger partial charge in [0.15, 0.2) is 0 Å². The Hall–Kier alpha value is -1.56. The third-order valence-electron chi connectivity index (χ3n) is 3.87. The molecule has 0 N–H and O–H groups in total. The zero-order chi connectivity index (χ0) is 13.0. The van der Waals surface area contributed by atoms with Gasteiger partial charge in [-0.25, -0.2) is 4.39 Å². The van der Waals surface area contributed by atoms with E-state index >= 15 is 0 Å². The van der Waals surface area contributed by atoms with Crippen molar-refractivity contribution in [2.75, 3.05) is 18.0 Å². The van der Waals surface area contributed by atoms with E-state index in [2.05, 4.69) is 11.8 Å². The fourth-order valence-corrected chi connectivity index (χ4v) is 2.70. The van der Waals surface area contributed by atoms with Crippen molar-refractivity contribution in [3.8, 4) is 6.07 Å². The van der Waals surface area contributed by atoms with Gasteiger partial charge in [-0.3, -0.25) is 0 Å². The van der Waals surface area contributed by atoms with Crippen LogP contribution in [-0.2, 0) is 0 Å². The Labute approximate surface area is 108 Å². The average molecular weight is 246 g/mol. The summed E-state index contributed by atoms with van der Waals surface area (Å²) in [5, 5.41) is 9.08. The van der Waals surface area contributed by atoms with Gasteiger partial charge < -0.3 is 4.90 Å². The van der Waals surface area contributed by atoms with Crippen molar-refractivity contribution in [3.63, 3.8) is 0 Å². The normalized spacial score (nSPS) is 20.3. The number of benzene rings is 1. The highest BCUT2D eigenvalue weighted by molar-refractivity contribution is 5.59. The lowest BCUT2D eigenvalue weighted by Crippen LogP contribution is -2.25. The minimum atomic E-state index is -0.411. The van der Waals surface area contributed by atoms with Gasteiger partial charge in [-0.2, -0.15) is 5.26 Å². The van der Waals surface area contributed by atoms with Crippen LogP contribution >= 0.6 is 0 Å². The van der Waals surface area contributed by atoms with Gasteiger partial charge in [0.05, 0.1) is 5.69 Å². The maximum Gasteiger partial charge on any atom is 0.143 e. The van der Waals surface area contributed by atoms with Crippen LogP contribution in [0.5, 0.6) is 0 Å². The van der Waals surface area contributed by atoms with Gasteiger partial charge in [-0.15, -0.1) is 0 Å². The van der Waals surface area contributed by atoms with Crippen LogP contribution in [0.4, 0.5) is 10.1 Å². The smallest absolute Gasteiger partial charge is 0.143 e. The first kappa shape index (κ1) is 12.9. The van der Waals surface area contributed by atoms with Crippen molar-refractivity contribution in [1.82, 2.24) is 0 Å². The molecule has 0 aliphatic carbocycles. The summed E-state index contributed by atoms with van der Waals surface area (Å²) in [6, 6.07) is 6.89. The molecule has 1 aliphatic rings. The molecule has 0 amide bonds. The lowest BCUT2D eigenvalue weighted by molar-refractivity contribution is 0.459. The van der Waals surface area contributed by atoms with Crippen LogP contribution in [0.15, 0.2) is 18.2 Å². The standard InChI is InChI=1S/C15H19FN2/c1-2-12-5-4-9-18(10-8-12)15-7-3-6-14(16)13(15)11-17/h3,6-7,12H,2,4-5,8-10H2,1H3. The number of anilines is 1. The monoisotopic (exact) mass is 246 g/mol. The van der Waals surface area contributed by atoms with E-state index in [0.29, 0.717) is 0 Å². The summed E-state index contributed by atoms with van der Waals surface area (Å²) < 4.78 is 13.6. The maximum atomic E-state index is 13.6. The zero-order valence-corrected chi connectivity index (χ0v) is 10.8. The molecule has 18 heavy (non-hydrogen) atoms. The van der Waals surface area contributed by atoms with Crippen molar-refractivity contribution in [2.24, 2.45) is 5.92 Å². The third kappa shape index (κ3) is 2.64. The summed E-state index contributed by atoms with van der Waals surface area (Å²) >= 11 is 0. The molecular formula is C15H19FN2. The molecule has 1 fully saturated rings. The third-order valence-corrected chi connectivity index (χ3v) is 3.87. The fraction of sp³-hybridized carbons (Fsp3) is 0.533. The Kier molecular flexibility index (Phi) is 4.19. The SMILES string of the molecule is CCC1CCCN(c2cccc(F)c2C#N)CC1. The molecule has 2 rings (SSSR count). The molecular weight excluding hydrogens is 227 g/mol. The highest BCUT2D eigenvalue weighted by Crippen LogP contribution is 2.27. The van der Waals surface area contributed by atoms with Gasteiger partial charge in [0.2, 0.25) is 0 Å². The molecule has 2 nitrogen and oxygen atoms in total. The van der Waals surface area contributed by atoms with Crippen molar-refractivity contribution in [2.45, 2.75) is 32.6 Å². The number of hydrogen-bond acceptors (Lipinski definition) is 2. The van der Waals surface area contributed by atoms with Crippen molar-refractivity contribution in [3.05, 3.63) is 29.6 Å². The Balaban J connectivity index is 2.22.